The van der Waals surface area contributed by atoms with Gasteiger partial charge in [-0.2, -0.15) is 0 Å². The van der Waals surface area contributed by atoms with Gasteiger partial charge in [0.05, 0.1) is 19.6 Å². The Morgan fingerprint density at radius 3 is 1.53 bits per heavy atom. The van der Waals surface area contributed by atoms with Gasteiger partial charge in [0.15, 0.2) is 6.61 Å². The SMILES string of the molecule is CC.CCCCNC(=O)CONC(=O)CCNC(=O)CN1CCN(CC)CCN(CC(=O)O)CCN(CC(=O)O)CC1.O=CO. The zero-order valence-electron chi connectivity index (χ0n) is 27.3. The van der Waals surface area contributed by atoms with Crippen LogP contribution >= 0.6 is 0 Å². The summed E-state index contributed by atoms with van der Waals surface area (Å²) in [6.45, 7) is 12.8. The Morgan fingerprint density at radius 1 is 0.689 bits per heavy atom. The number of nitrogens with one attached hydrogen (secondary N) is 3. The van der Waals surface area contributed by atoms with Crippen molar-refractivity contribution in [1.82, 2.24) is 35.7 Å². The van der Waals surface area contributed by atoms with Crippen LogP contribution in [0.4, 0.5) is 0 Å². The smallest absolute Gasteiger partial charge is 0.317 e. The van der Waals surface area contributed by atoms with Crippen molar-refractivity contribution in [2.24, 2.45) is 0 Å². The Bertz CT molecular complexity index is 851. The van der Waals surface area contributed by atoms with Crippen molar-refractivity contribution in [1.29, 1.82) is 0 Å². The highest BCUT2D eigenvalue weighted by Gasteiger charge is 2.20. The summed E-state index contributed by atoms with van der Waals surface area (Å²) in [4.78, 5) is 79.7. The van der Waals surface area contributed by atoms with Crippen molar-refractivity contribution in [2.75, 3.05) is 98.2 Å². The monoisotopic (exact) mass is 649 g/mol. The maximum atomic E-state index is 12.6. The number of hydrogen-bond donors (Lipinski definition) is 6. The number of hydrogen-bond acceptors (Lipinski definition) is 11. The zero-order chi connectivity index (χ0) is 34.5. The van der Waals surface area contributed by atoms with E-state index in [-0.39, 0.29) is 57.5 Å². The highest BCUT2D eigenvalue weighted by Crippen LogP contribution is 2.01. The third-order valence-corrected chi connectivity index (χ3v) is 6.38. The molecule has 0 unspecified atom stereocenters. The summed E-state index contributed by atoms with van der Waals surface area (Å²) in [6.07, 6.45) is 1.79. The molecule has 3 amide bonds. The first kappa shape index (κ1) is 43.7. The molecule has 1 heterocycles. The molecule has 0 atom stereocenters. The zero-order valence-corrected chi connectivity index (χ0v) is 27.3. The summed E-state index contributed by atoms with van der Waals surface area (Å²) >= 11 is 0. The number of carboxylic acids is 2. The molecule has 0 aromatic carbocycles. The highest BCUT2D eigenvalue weighted by molar-refractivity contribution is 5.80. The molecule has 1 rings (SSSR count). The molecule has 0 radical (unpaired) electrons. The average molecular weight is 650 g/mol. The largest absolute Gasteiger partial charge is 0.483 e. The van der Waals surface area contributed by atoms with Crippen molar-refractivity contribution in [3.05, 3.63) is 0 Å². The number of carboxylic acid groups (broad SMARTS) is 3. The molecule has 6 N–H and O–H groups in total. The van der Waals surface area contributed by atoms with Gasteiger partial charge in [-0.05, 0) is 13.0 Å². The van der Waals surface area contributed by atoms with E-state index in [1.165, 1.54) is 0 Å². The molecule has 0 bridgehead atoms. The van der Waals surface area contributed by atoms with Crippen molar-refractivity contribution < 1.29 is 48.9 Å². The number of likely N-dealkylation sites (N-methyl/N-ethyl adjacent to an activating group) is 1. The minimum Gasteiger partial charge on any atom is -0.483 e. The number of nitrogens with zero attached hydrogens (tertiary/aromatic N) is 4. The van der Waals surface area contributed by atoms with Crippen molar-refractivity contribution in [2.45, 2.75) is 47.0 Å². The van der Waals surface area contributed by atoms with E-state index >= 15 is 0 Å². The Labute approximate surface area is 266 Å². The van der Waals surface area contributed by atoms with E-state index < -0.39 is 17.8 Å². The van der Waals surface area contributed by atoms with Crippen LogP contribution in [0.5, 0.6) is 0 Å². The van der Waals surface area contributed by atoms with E-state index in [1.54, 1.807) is 4.90 Å². The quantitative estimate of drug-likeness (QED) is 0.0643. The second-order valence-corrected chi connectivity index (χ2v) is 9.77. The number of hydroxylamine groups is 1. The number of aliphatic carboxylic acids is 2. The Kier molecular flexibility index (Phi) is 28.5. The van der Waals surface area contributed by atoms with Gasteiger partial charge in [0, 0.05) is 71.9 Å². The summed E-state index contributed by atoms with van der Waals surface area (Å²) in [7, 11) is 0. The van der Waals surface area contributed by atoms with Gasteiger partial charge in [-0.15, -0.1) is 0 Å². The van der Waals surface area contributed by atoms with Gasteiger partial charge in [-0.1, -0.05) is 34.1 Å². The molecule has 0 aromatic rings. The molecule has 17 nitrogen and oxygen atoms in total. The van der Waals surface area contributed by atoms with E-state index in [1.807, 2.05) is 37.5 Å². The molecule has 0 aromatic heterocycles. The summed E-state index contributed by atoms with van der Waals surface area (Å²) < 4.78 is 0. The van der Waals surface area contributed by atoms with Crippen LogP contribution in [0.1, 0.15) is 47.0 Å². The average Bonchev–Trinajstić information content (AvgIpc) is 2.98. The van der Waals surface area contributed by atoms with Crippen LogP contribution in [0, 0.1) is 0 Å². The first-order valence-corrected chi connectivity index (χ1v) is 15.4. The van der Waals surface area contributed by atoms with Crippen molar-refractivity contribution >= 4 is 36.1 Å². The minimum absolute atomic E-state index is 0.0218. The molecular formula is C28H55N7O10. The second-order valence-electron chi connectivity index (χ2n) is 9.77. The van der Waals surface area contributed by atoms with Gasteiger partial charge in [0.1, 0.15) is 0 Å². The lowest BCUT2D eigenvalue weighted by Gasteiger charge is -2.33. The van der Waals surface area contributed by atoms with Gasteiger partial charge >= 0.3 is 11.9 Å². The standard InChI is InChI=1S/C25H47N7O8.C2H6.CH2O2/c1-3-5-7-26-23(35)20-40-28-21(33)6-8-27-22(34)17-30-11-9-29(4-2)10-12-31(18-24(36)37)15-16-32(14-13-30)19-25(38)39;1-2;2-1-3/h3-20H2,1-2H3,(H,26,35)(H,27,34)(H,28,33)(H,36,37)(H,38,39);1-2H3;1H,(H,2,3). The maximum Gasteiger partial charge on any atom is 0.317 e. The predicted molar refractivity (Wildman–Crippen MR) is 166 cm³/mol. The van der Waals surface area contributed by atoms with E-state index in [0.29, 0.717) is 58.9 Å². The molecule has 1 aliphatic rings. The molecule has 0 spiro atoms. The fourth-order valence-corrected chi connectivity index (χ4v) is 4.01. The normalized spacial score (nSPS) is 15.4. The molecule has 1 aliphatic heterocycles. The van der Waals surface area contributed by atoms with Crippen LogP contribution in [0.2, 0.25) is 0 Å². The third-order valence-electron chi connectivity index (χ3n) is 6.38. The van der Waals surface area contributed by atoms with E-state index in [4.69, 9.17) is 14.7 Å². The van der Waals surface area contributed by atoms with Crippen LogP contribution in [-0.2, 0) is 33.6 Å². The molecule has 1 fully saturated rings. The molecule has 45 heavy (non-hydrogen) atoms. The van der Waals surface area contributed by atoms with Gasteiger partial charge in [0.2, 0.25) is 17.7 Å². The minimum atomic E-state index is -0.974. The Morgan fingerprint density at radius 2 is 1.11 bits per heavy atom. The molecular weight excluding hydrogens is 594 g/mol. The number of rotatable bonds is 16. The summed E-state index contributed by atoms with van der Waals surface area (Å²) in [5.74, 6) is -2.95. The highest BCUT2D eigenvalue weighted by atomic mass is 16.7. The molecule has 0 saturated carbocycles. The molecule has 17 heteroatoms. The van der Waals surface area contributed by atoms with Crippen LogP contribution < -0.4 is 16.1 Å². The van der Waals surface area contributed by atoms with E-state index in [2.05, 4.69) is 21.0 Å². The van der Waals surface area contributed by atoms with E-state index in [9.17, 15) is 34.2 Å². The van der Waals surface area contributed by atoms with Crippen molar-refractivity contribution in [3.8, 4) is 0 Å². The number of carbonyl (C=O) groups excluding carboxylic acids is 3. The maximum absolute atomic E-state index is 12.6. The second kappa shape index (κ2) is 29.3. The molecule has 1 saturated heterocycles. The molecule has 0 aliphatic carbocycles. The van der Waals surface area contributed by atoms with Gasteiger partial charge in [-0.3, -0.25) is 48.3 Å². The lowest BCUT2D eigenvalue weighted by atomic mass is 10.3. The topological polar surface area (TPSA) is 221 Å². The third kappa shape index (κ3) is 26.7. The van der Waals surface area contributed by atoms with Crippen LogP contribution in [0.15, 0.2) is 0 Å². The Hall–Kier alpha value is -3.38. The van der Waals surface area contributed by atoms with Gasteiger partial charge in [-0.25, -0.2) is 5.48 Å². The van der Waals surface area contributed by atoms with Crippen LogP contribution in [0.25, 0.3) is 0 Å². The summed E-state index contributed by atoms with van der Waals surface area (Å²) in [5, 5.41) is 30.8. The van der Waals surface area contributed by atoms with Gasteiger partial charge < -0.3 is 30.9 Å². The first-order chi connectivity index (χ1) is 21.5. The lowest BCUT2D eigenvalue weighted by Crippen LogP contribution is -2.49. The fraction of sp³-hybridized carbons (Fsp3) is 0.786. The van der Waals surface area contributed by atoms with E-state index in [0.717, 1.165) is 19.4 Å². The first-order valence-electron chi connectivity index (χ1n) is 15.4. The van der Waals surface area contributed by atoms with Crippen LogP contribution in [0.3, 0.4) is 0 Å². The molecule has 262 valence electrons. The van der Waals surface area contributed by atoms with Gasteiger partial charge in [0.25, 0.3) is 6.47 Å². The summed E-state index contributed by atoms with van der Waals surface area (Å²) in [5.41, 5.74) is 2.19. The summed E-state index contributed by atoms with van der Waals surface area (Å²) in [6, 6.07) is 0. The predicted octanol–water partition coefficient (Wildman–Crippen LogP) is -1.41. The fourth-order valence-electron chi connectivity index (χ4n) is 4.01. The number of carbonyl (C=O) groups is 6. The lowest BCUT2D eigenvalue weighted by molar-refractivity contribution is -0.140. The number of unbranched alkanes of at least 4 members (excludes halogenated alkanes) is 1. The Balaban J connectivity index is 0. The van der Waals surface area contributed by atoms with Crippen LogP contribution in [-0.4, -0.2) is 169 Å². The number of amides is 3. The van der Waals surface area contributed by atoms with Crippen molar-refractivity contribution in [3.63, 3.8) is 0 Å².